The Morgan fingerprint density at radius 2 is 2.07 bits per heavy atom. The van der Waals surface area contributed by atoms with E-state index < -0.39 is 18.5 Å². The monoisotopic (exact) mass is 448 g/mol. The van der Waals surface area contributed by atoms with Crippen LogP contribution in [0.15, 0.2) is 46.9 Å². The molecule has 0 saturated heterocycles. The molecular weight excluding hydrogens is 436 g/mol. The summed E-state index contributed by atoms with van der Waals surface area (Å²) in [7, 11) is 1.53. The summed E-state index contributed by atoms with van der Waals surface area (Å²) in [6, 6.07) is 11.7. The van der Waals surface area contributed by atoms with Crippen LogP contribution in [0.1, 0.15) is 11.1 Å². The molecule has 1 amide bonds. The molecule has 0 aliphatic rings. The largest absolute Gasteiger partial charge is 0.496 e. The number of hydrogen-bond donors (Lipinski definition) is 1. The number of ether oxygens (including phenoxy) is 2. The van der Waals surface area contributed by atoms with Crippen LogP contribution in [0.2, 0.25) is 5.02 Å². The molecule has 2 aromatic rings. The molecule has 0 spiro atoms. The number of esters is 1. The second-order valence-electron chi connectivity index (χ2n) is 5.18. The van der Waals surface area contributed by atoms with Crippen LogP contribution in [-0.4, -0.2) is 25.6 Å². The van der Waals surface area contributed by atoms with Gasteiger partial charge in [0.15, 0.2) is 6.61 Å². The van der Waals surface area contributed by atoms with Crippen molar-refractivity contribution >= 4 is 51.2 Å². The van der Waals surface area contributed by atoms with E-state index in [1.807, 2.05) is 12.1 Å². The Morgan fingerprint density at radius 3 is 2.74 bits per heavy atom. The van der Waals surface area contributed by atoms with Gasteiger partial charge in [0.05, 0.1) is 17.7 Å². The number of halogens is 2. The second kappa shape index (κ2) is 9.76. The van der Waals surface area contributed by atoms with Crippen LogP contribution in [0.3, 0.4) is 0 Å². The van der Waals surface area contributed by atoms with Crippen molar-refractivity contribution in [1.29, 1.82) is 5.26 Å². The summed E-state index contributed by atoms with van der Waals surface area (Å²) in [6.07, 6.45) is 2.74. The minimum Gasteiger partial charge on any atom is -0.496 e. The molecule has 0 saturated carbocycles. The highest BCUT2D eigenvalue weighted by Gasteiger charge is 2.08. The summed E-state index contributed by atoms with van der Waals surface area (Å²) < 4.78 is 10.9. The fourth-order valence-electron chi connectivity index (χ4n) is 2.06. The Kier molecular flexibility index (Phi) is 7.41. The number of carbonyl (C=O) groups excluding carboxylic acids is 2. The summed E-state index contributed by atoms with van der Waals surface area (Å²) in [5.41, 5.74) is 1.38. The average molecular weight is 450 g/mol. The van der Waals surface area contributed by atoms with Gasteiger partial charge in [-0.15, -0.1) is 0 Å². The molecule has 0 aliphatic heterocycles. The second-order valence-corrected chi connectivity index (χ2v) is 6.50. The van der Waals surface area contributed by atoms with E-state index in [1.165, 1.54) is 37.5 Å². The standard InChI is InChI=1S/C19H14BrClN2O4/c1-26-17-6-4-14(20)8-12(17)3-7-19(25)27-11-18(24)23-15-5-2-13(10-22)16(21)9-15/h2-9H,11H2,1H3,(H,23,24)/b7-3+. The molecule has 2 aromatic carbocycles. The zero-order chi connectivity index (χ0) is 19.8. The van der Waals surface area contributed by atoms with Crippen LogP contribution in [0, 0.1) is 11.3 Å². The van der Waals surface area contributed by atoms with Crippen molar-refractivity contribution in [2.75, 3.05) is 19.0 Å². The molecule has 0 aromatic heterocycles. The molecule has 0 bridgehead atoms. The van der Waals surface area contributed by atoms with E-state index in [9.17, 15) is 9.59 Å². The number of amides is 1. The predicted octanol–water partition coefficient (Wildman–Crippen LogP) is 4.18. The van der Waals surface area contributed by atoms with Crippen molar-refractivity contribution in [2.24, 2.45) is 0 Å². The molecular formula is C19H14BrClN2O4. The number of carbonyl (C=O) groups is 2. The van der Waals surface area contributed by atoms with Crippen molar-refractivity contribution in [2.45, 2.75) is 0 Å². The van der Waals surface area contributed by atoms with Gasteiger partial charge in [0.1, 0.15) is 11.8 Å². The fraction of sp³-hybridized carbons (Fsp3) is 0.105. The van der Waals surface area contributed by atoms with E-state index in [1.54, 1.807) is 12.1 Å². The summed E-state index contributed by atoms with van der Waals surface area (Å²) in [5, 5.41) is 11.6. The van der Waals surface area contributed by atoms with Gasteiger partial charge in [-0.2, -0.15) is 5.26 Å². The van der Waals surface area contributed by atoms with Crippen molar-refractivity contribution in [3.63, 3.8) is 0 Å². The first-order chi connectivity index (χ1) is 12.9. The van der Waals surface area contributed by atoms with Crippen molar-refractivity contribution in [3.8, 4) is 11.8 Å². The van der Waals surface area contributed by atoms with Crippen molar-refractivity contribution in [1.82, 2.24) is 0 Å². The molecule has 8 heteroatoms. The molecule has 0 unspecified atom stereocenters. The van der Waals surface area contributed by atoms with Crippen LogP contribution in [0.4, 0.5) is 5.69 Å². The fourth-order valence-corrected chi connectivity index (χ4v) is 2.66. The van der Waals surface area contributed by atoms with E-state index in [-0.39, 0.29) is 5.02 Å². The minimum atomic E-state index is -0.676. The maximum Gasteiger partial charge on any atom is 0.331 e. The highest BCUT2D eigenvalue weighted by Crippen LogP contribution is 2.24. The Hall–Kier alpha value is -2.82. The van der Waals surface area contributed by atoms with Crippen LogP contribution in [-0.2, 0) is 14.3 Å². The van der Waals surface area contributed by atoms with E-state index in [0.29, 0.717) is 22.6 Å². The number of hydrogen-bond acceptors (Lipinski definition) is 5. The molecule has 138 valence electrons. The normalized spacial score (nSPS) is 10.3. The maximum atomic E-state index is 11.9. The average Bonchev–Trinajstić information content (AvgIpc) is 2.65. The lowest BCUT2D eigenvalue weighted by molar-refractivity contribution is -0.142. The number of rotatable bonds is 6. The minimum absolute atomic E-state index is 0.221. The maximum absolute atomic E-state index is 11.9. The van der Waals surface area contributed by atoms with Gasteiger partial charge < -0.3 is 14.8 Å². The molecule has 2 rings (SSSR count). The Labute approximate surface area is 169 Å². The van der Waals surface area contributed by atoms with Gasteiger partial charge in [0.25, 0.3) is 5.91 Å². The number of nitrogens with one attached hydrogen (secondary N) is 1. The van der Waals surface area contributed by atoms with E-state index in [4.69, 9.17) is 26.3 Å². The number of benzene rings is 2. The zero-order valence-electron chi connectivity index (χ0n) is 14.2. The molecule has 0 fully saturated rings. The molecule has 27 heavy (non-hydrogen) atoms. The smallest absolute Gasteiger partial charge is 0.331 e. The van der Waals surface area contributed by atoms with E-state index >= 15 is 0 Å². The quantitative estimate of drug-likeness (QED) is 0.528. The summed E-state index contributed by atoms with van der Waals surface area (Å²) in [6.45, 7) is -0.462. The van der Waals surface area contributed by atoms with Crippen LogP contribution < -0.4 is 10.1 Å². The highest BCUT2D eigenvalue weighted by atomic mass is 79.9. The highest BCUT2D eigenvalue weighted by molar-refractivity contribution is 9.10. The van der Waals surface area contributed by atoms with Gasteiger partial charge in [-0.3, -0.25) is 4.79 Å². The third-order valence-electron chi connectivity index (χ3n) is 3.31. The number of methoxy groups -OCH3 is 1. The molecule has 0 aliphatic carbocycles. The molecule has 6 nitrogen and oxygen atoms in total. The van der Waals surface area contributed by atoms with Gasteiger partial charge in [-0.1, -0.05) is 27.5 Å². The SMILES string of the molecule is COc1ccc(Br)cc1/C=C/C(=O)OCC(=O)Nc1ccc(C#N)c(Cl)c1. The Morgan fingerprint density at radius 1 is 1.30 bits per heavy atom. The van der Waals surface area contributed by atoms with Gasteiger partial charge >= 0.3 is 5.97 Å². The van der Waals surface area contributed by atoms with Gasteiger partial charge in [0, 0.05) is 21.8 Å². The molecule has 0 radical (unpaired) electrons. The summed E-state index contributed by atoms with van der Waals surface area (Å²) >= 11 is 9.24. The van der Waals surface area contributed by atoms with E-state index in [0.717, 1.165) is 4.47 Å². The Bertz CT molecular complexity index is 938. The number of nitrogens with zero attached hydrogens (tertiary/aromatic N) is 1. The Balaban J connectivity index is 1.90. The van der Waals surface area contributed by atoms with Crippen LogP contribution in [0.5, 0.6) is 5.75 Å². The predicted molar refractivity (Wildman–Crippen MR) is 105 cm³/mol. The van der Waals surface area contributed by atoms with Gasteiger partial charge in [-0.05, 0) is 42.5 Å². The zero-order valence-corrected chi connectivity index (χ0v) is 16.5. The molecule has 0 heterocycles. The molecule has 1 N–H and O–H groups in total. The van der Waals surface area contributed by atoms with Crippen LogP contribution in [0.25, 0.3) is 6.08 Å². The van der Waals surface area contributed by atoms with E-state index in [2.05, 4.69) is 21.2 Å². The van der Waals surface area contributed by atoms with Crippen LogP contribution >= 0.6 is 27.5 Å². The summed E-state index contributed by atoms with van der Waals surface area (Å²) in [5.74, 6) is -0.611. The number of anilines is 1. The first-order valence-corrected chi connectivity index (χ1v) is 8.78. The molecule has 0 atom stereocenters. The van der Waals surface area contributed by atoms with Crippen molar-refractivity contribution < 1.29 is 19.1 Å². The third kappa shape index (κ3) is 6.13. The third-order valence-corrected chi connectivity index (χ3v) is 4.12. The lowest BCUT2D eigenvalue weighted by Crippen LogP contribution is -2.20. The van der Waals surface area contributed by atoms with Gasteiger partial charge in [-0.25, -0.2) is 4.79 Å². The van der Waals surface area contributed by atoms with Gasteiger partial charge in [0.2, 0.25) is 0 Å². The first-order valence-electron chi connectivity index (χ1n) is 7.61. The number of nitriles is 1. The summed E-state index contributed by atoms with van der Waals surface area (Å²) in [4.78, 5) is 23.7. The lowest BCUT2D eigenvalue weighted by atomic mass is 10.2. The topological polar surface area (TPSA) is 88.4 Å². The first kappa shape index (κ1) is 20.5. The van der Waals surface area contributed by atoms with Crippen molar-refractivity contribution in [3.05, 3.63) is 63.1 Å². The lowest BCUT2D eigenvalue weighted by Gasteiger charge is -2.07.